The van der Waals surface area contributed by atoms with E-state index in [0.717, 1.165) is 36.9 Å². The van der Waals surface area contributed by atoms with E-state index >= 15 is 0 Å². The van der Waals surface area contributed by atoms with E-state index < -0.39 is 0 Å². The average Bonchev–Trinajstić information content (AvgIpc) is 2.77. The Bertz CT molecular complexity index is 393. The van der Waals surface area contributed by atoms with Gasteiger partial charge in [0.25, 0.3) is 0 Å². The van der Waals surface area contributed by atoms with Crippen molar-refractivity contribution in [3.05, 3.63) is 23.4 Å². The number of nitrogens with zero attached hydrogens (tertiary/aromatic N) is 2. The first-order valence-corrected chi connectivity index (χ1v) is 5.48. The van der Waals surface area contributed by atoms with Crippen molar-refractivity contribution in [2.24, 2.45) is 0 Å². The fourth-order valence-corrected chi connectivity index (χ4v) is 2.25. The van der Waals surface area contributed by atoms with Crippen LogP contribution in [0.15, 0.2) is 12.3 Å². The number of hydrogen-bond acceptors (Lipinski definition) is 3. The van der Waals surface area contributed by atoms with E-state index in [2.05, 4.69) is 11.1 Å². The van der Waals surface area contributed by atoms with Gasteiger partial charge in [-0.15, -0.1) is 0 Å². The molecule has 1 aliphatic rings. The summed E-state index contributed by atoms with van der Waals surface area (Å²) in [6.45, 7) is 2.81. The van der Waals surface area contributed by atoms with E-state index in [-0.39, 0.29) is 6.04 Å². The lowest BCUT2D eigenvalue weighted by Crippen LogP contribution is -2.21. The second-order valence-corrected chi connectivity index (χ2v) is 4.10. The van der Waals surface area contributed by atoms with Crippen LogP contribution in [0.1, 0.15) is 30.0 Å². The van der Waals surface area contributed by atoms with Crippen LogP contribution < -0.4 is 4.74 Å². The molecule has 0 aromatic carbocycles. The molecule has 4 heteroatoms. The summed E-state index contributed by atoms with van der Waals surface area (Å²) in [5.74, 6) is 0.652. The van der Waals surface area contributed by atoms with Gasteiger partial charge in [0.15, 0.2) is 0 Å². The molecule has 1 aromatic heterocycles. The maximum Gasteiger partial charge on any atom is 0.215 e. The Hall–Kier alpha value is -1.58. The monoisotopic (exact) mass is 220 g/mol. The highest BCUT2D eigenvalue weighted by Crippen LogP contribution is 2.31. The van der Waals surface area contributed by atoms with Gasteiger partial charge in [-0.1, -0.05) is 0 Å². The fourth-order valence-electron chi connectivity index (χ4n) is 2.25. The summed E-state index contributed by atoms with van der Waals surface area (Å²) in [4.78, 5) is 17.0. The molecule has 1 saturated heterocycles. The quantitative estimate of drug-likeness (QED) is 0.728. The molecule has 86 valence electrons. The van der Waals surface area contributed by atoms with Crippen molar-refractivity contribution in [3.8, 4) is 5.88 Å². The molecular weight excluding hydrogens is 204 g/mol. The molecule has 2 rings (SSSR count). The van der Waals surface area contributed by atoms with Crippen LogP contribution in [-0.2, 0) is 4.79 Å². The second kappa shape index (κ2) is 4.51. The highest BCUT2D eigenvalue weighted by molar-refractivity contribution is 5.49. The number of carbonyl (C=O) groups excluding carboxylic acids is 1. The summed E-state index contributed by atoms with van der Waals surface area (Å²) in [7, 11) is 1.61. The maximum absolute atomic E-state index is 10.9. The predicted molar refractivity (Wildman–Crippen MR) is 60.3 cm³/mol. The van der Waals surface area contributed by atoms with Gasteiger partial charge in [-0.05, 0) is 31.4 Å². The predicted octanol–water partition coefficient (Wildman–Crippen LogP) is 1.69. The SMILES string of the molecule is COc1ncc([C@H]2CCCN2C=O)cc1C. The molecule has 1 atom stereocenters. The van der Waals surface area contributed by atoms with E-state index in [0.29, 0.717) is 5.88 Å². The molecule has 0 N–H and O–H groups in total. The van der Waals surface area contributed by atoms with Crippen LogP contribution >= 0.6 is 0 Å². The smallest absolute Gasteiger partial charge is 0.215 e. The van der Waals surface area contributed by atoms with Crippen LogP contribution in [0, 0.1) is 6.92 Å². The van der Waals surface area contributed by atoms with Gasteiger partial charge in [0.05, 0.1) is 13.2 Å². The summed E-state index contributed by atoms with van der Waals surface area (Å²) in [5, 5.41) is 0. The molecule has 0 unspecified atom stereocenters. The first kappa shape index (κ1) is 10.9. The van der Waals surface area contributed by atoms with Gasteiger partial charge in [0.2, 0.25) is 12.3 Å². The van der Waals surface area contributed by atoms with Gasteiger partial charge >= 0.3 is 0 Å². The number of aryl methyl sites for hydroxylation is 1. The van der Waals surface area contributed by atoms with Crippen LogP contribution in [0.25, 0.3) is 0 Å². The number of carbonyl (C=O) groups is 1. The number of aromatic nitrogens is 1. The number of rotatable bonds is 3. The Balaban J connectivity index is 2.27. The Morgan fingerprint density at radius 2 is 2.44 bits per heavy atom. The molecule has 0 saturated carbocycles. The van der Waals surface area contributed by atoms with Crippen molar-refractivity contribution in [2.75, 3.05) is 13.7 Å². The van der Waals surface area contributed by atoms with Crippen molar-refractivity contribution in [1.29, 1.82) is 0 Å². The Morgan fingerprint density at radius 3 is 3.06 bits per heavy atom. The Kier molecular flexibility index (Phi) is 3.08. The minimum Gasteiger partial charge on any atom is -0.481 e. The van der Waals surface area contributed by atoms with E-state index in [1.165, 1.54) is 0 Å². The summed E-state index contributed by atoms with van der Waals surface area (Å²) in [5.41, 5.74) is 2.11. The number of ether oxygens (including phenoxy) is 1. The molecule has 2 heterocycles. The fraction of sp³-hybridized carbons (Fsp3) is 0.500. The van der Waals surface area contributed by atoms with E-state index in [1.54, 1.807) is 13.3 Å². The van der Waals surface area contributed by atoms with Crippen molar-refractivity contribution in [1.82, 2.24) is 9.88 Å². The number of pyridine rings is 1. The molecule has 1 aliphatic heterocycles. The minimum absolute atomic E-state index is 0.189. The molecule has 1 amide bonds. The van der Waals surface area contributed by atoms with Crippen LogP contribution in [-0.4, -0.2) is 29.9 Å². The molecular formula is C12H16N2O2. The zero-order chi connectivity index (χ0) is 11.5. The average molecular weight is 220 g/mol. The molecule has 0 aliphatic carbocycles. The summed E-state index contributed by atoms with van der Waals surface area (Å²) in [6, 6.07) is 2.24. The number of hydrogen-bond donors (Lipinski definition) is 0. The molecule has 0 radical (unpaired) electrons. The largest absolute Gasteiger partial charge is 0.481 e. The third kappa shape index (κ3) is 1.87. The molecule has 16 heavy (non-hydrogen) atoms. The Labute approximate surface area is 95.2 Å². The van der Waals surface area contributed by atoms with Gasteiger partial charge < -0.3 is 9.64 Å². The highest BCUT2D eigenvalue weighted by Gasteiger charge is 2.25. The normalized spacial score (nSPS) is 19.9. The first-order chi connectivity index (χ1) is 7.76. The van der Waals surface area contributed by atoms with E-state index in [9.17, 15) is 4.79 Å². The molecule has 4 nitrogen and oxygen atoms in total. The summed E-state index contributed by atoms with van der Waals surface area (Å²) in [6.07, 6.45) is 4.82. The second-order valence-electron chi connectivity index (χ2n) is 4.10. The number of amides is 1. The summed E-state index contributed by atoms with van der Waals surface area (Å²) < 4.78 is 5.12. The third-order valence-electron chi connectivity index (χ3n) is 3.06. The lowest BCUT2D eigenvalue weighted by Gasteiger charge is -2.20. The standard InChI is InChI=1S/C12H16N2O2/c1-9-6-10(7-13-12(9)16-2)11-4-3-5-14(11)8-15/h6-8,11H,3-5H2,1-2H3/t11-/m1/s1. The van der Waals surface area contributed by atoms with Crippen molar-refractivity contribution in [3.63, 3.8) is 0 Å². The molecule has 0 bridgehead atoms. The van der Waals surface area contributed by atoms with Gasteiger partial charge in [-0.25, -0.2) is 4.98 Å². The van der Waals surface area contributed by atoms with Crippen molar-refractivity contribution in [2.45, 2.75) is 25.8 Å². The van der Waals surface area contributed by atoms with Crippen LogP contribution in [0.2, 0.25) is 0 Å². The zero-order valence-corrected chi connectivity index (χ0v) is 9.64. The lowest BCUT2D eigenvalue weighted by atomic mass is 10.1. The first-order valence-electron chi connectivity index (χ1n) is 5.48. The highest BCUT2D eigenvalue weighted by atomic mass is 16.5. The molecule has 1 aromatic rings. The zero-order valence-electron chi connectivity index (χ0n) is 9.64. The van der Waals surface area contributed by atoms with Gasteiger partial charge in [0, 0.05) is 18.3 Å². The van der Waals surface area contributed by atoms with E-state index in [1.807, 2.05) is 11.8 Å². The van der Waals surface area contributed by atoms with Crippen LogP contribution in [0.3, 0.4) is 0 Å². The van der Waals surface area contributed by atoms with Crippen molar-refractivity contribution < 1.29 is 9.53 Å². The third-order valence-corrected chi connectivity index (χ3v) is 3.06. The van der Waals surface area contributed by atoms with Crippen LogP contribution in [0.4, 0.5) is 0 Å². The van der Waals surface area contributed by atoms with Gasteiger partial charge in [-0.3, -0.25) is 4.79 Å². The summed E-state index contributed by atoms with van der Waals surface area (Å²) >= 11 is 0. The number of methoxy groups -OCH3 is 1. The van der Waals surface area contributed by atoms with Crippen molar-refractivity contribution >= 4 is 6.41 Å². The molecule has 1 fully saturated rings. The molecule has 0 spiro atoms. The Morgan fingerprint density at radius 1 is 1.62 bits per heavy atom. The van der Waals surface area contributed by atoms with Gasteiger partial charge in [0.1, 0.15) is 0 Å². The maximum atomic E-state index is 10.9. The lowest BCUT2D eigenvalue weighted by molar-refractivity contribution is -0.118. The van der Waals surface area contributed by atoms with E-state index in [4.69, 9.17) is 4.74 Å². The van der Waals surface area contributed by atoms with Crippen LogP contribution in [0.5, 0.6) is 5.88 Å². The minimum atomic E-state index is 0.189. The van der Waals surface area contributed by atoms with Gasteiger partial charge in [-0.2, -0.15) is 0 Å². The number of likely N-dealkylation sites (tertiary alicyclic amines) is 1. The topological polar surface area (TPSA) is 42.4 Å².